The summed E-state index contributed by atoms with van der Waals surface area (Å²) >= 11 is 0. The minimum atomic E-state index is -0.764. The zero-order chi connectivity index (χ0) is 60.1. The summed E-state index contributed by atoms with van der Waals surface area (Å²) in [5.41, 5.74) is 27.5. The number of anilines is 3. The first kappa shape index (κ1) is 53.0. The average Bonchev–Trinajstić information content (AvgIpc) is 1.32. The molecular weight excluding hydrogens is 1090 g/mol. The van der Waals surface area contributed by atoms with Gasteiger partial charge in [0.2, 0.25) is 0 Å². The van der Waals surface area contributed by atoms with Crippen LogP contribution in [-0.2, 0) is 28.1 Å². The Morgan fingerprint density at radius 2 is 0.538 bits per heavy atom. The number of fused-ring (bicyclic) bond motifs is 7. The fraction of sp³-hybridized carbons (Fsp3) is 0.0667. The lowest BCUT2D eigenvalue weighted by Crippen LogP contribution is -2.44. The van der Waals surface area contributed by atoms with Gasteiger partial charge in [-0.3, -0.25) is 0 Å². The van der Waals surface area contributed by atoms with Crippen LogP contribution in [0.3, 0.4) is 0 Å². The summed E-state index contributed by atoms with van der Waals surface area (Å²) in [7, 11) is 0. The lowest BCUT2D eigenvalue weighted by molar-refractivity contribution is 0.640. The van der Waals surface area contributed by atoms with Crippen molar-refractivity contribution in [3.8, 4) is 11.1 Å². The van der Waals surface area contributed by atoms with Crippen molar-refractivity contribution in [2.24, 2.45) is 0 Å². The average molecular weight is 1160 g/mol. The van der Waals surface area contributed by atoms with Crippen LogP contribution < -0.4 is 4.90 Å². The first-order valence-corrected chi connectivity index (χ1v) is 32.2. The molecule has 1 atom stereocenters. The summed E-state index contributed by atoms with van der Waals surface area (Å²) in [6.07, 6.45) is 0.827. The minimum absolute atomic E-state index is 0.0582. The molecule has 0 bridgehead atoms. The molecule has 0 spiro atoms. The third kappa shape index (κ3) is 7.29. The number of hydrogen-bond acceptors (Lipinski definition) is 1. The van der Waals surface area contributed by atoms with E-state index >= 15 is 0 Å². The van der Waals surface area contributed by atoms with Gasteiger partial charge in [-0.05, 0) is 148 Å². The summed E-state index contributed by atoms with van der Waals surface area (Å²) in [6, 6.07) is 139. The first-order valence-electron chi connectivity index (χ1n) is 32.2. The van der Waals surface area contributed by atoms with Gasteiger partial charge in [0.25, 0.3) is 0 Å². The van der Waals surface area contributed by atoms with E-state index in [1.807, 2.05) is 0 Å². The van der Waals surface area contributed by atoms with Crippen LogP contribution in [-0.4, -0.2) is 0 Å². The molecule has 0 amide bonds. The molecule has 14 aromatic carbocycles. The highest BCUT2D eigenvalue weighted by Crippen LogP contribution is 2.67. The monoisotopic (exact) mass is 1160 g/mol. The standard InChI is InChI=1S/C90H63N/c1-9-31-65(32-10-1)87(66-33-11-2-12-34-66)75-48-26-25-47-73(75)74-59-64-56-55-62(60-81(64)89(69-39-17-5-18-40-69,70-41-19-6-20-42-70)78-51-29-50-77(87)85(74)78)63-57-58-84-82(61-63)90(71-43-21-7-22-44-71,72-45-23-8-24-46-72)80-53-30-52-79-86(80)91(84)83-54-28-27-49-76(83)88(79,67-35-13-3-14-36-67)68-37-15-4-16-38-68/h1-58,60-61,74H,59H2. The van der Waals surface area contributed by atoms with Crippen LogP contribution in [0.1, 0.15) is 112 Å². The highest BCUT2D eigenvalue weighted by Gasteiger charge is 2.56. The Hall–Kier alpha value is -11.1. The van der Waals surface area contributed by atoms with Gasteiger partial charge < -0.3 is 4.90 Å². The number of para-hydroxylation sites is 2. The SMILES string of the molecule is c1ccc(C2(c3ccccc3)c3cc(-c4ccc5c(c4)C(c4ccccc4)(c4ccccc4)c4cccc6c4N5c4ccccc4C6(c4ccccc4)c4ccccc4)ccc3CC3c4ccccc4C(c4ccccc4)(c4ccccc4)c4cccc2c43)cc1. The summed E-state index contributed by atoms with van der Waals surface area (Å²) in [5, 5.41) is 0. The van der Waals surface area contributed by atoms with Crippen LogP contribution in [0.4, 0.5) is 17.1 Å². The van der Waals surface area contributed by atoms with Gasteiger partial charge in [-0.25, -0.2) is 0 Å². The lowest BCUT2D eigenvalue weighted by atomic mass is 9.55. The van der Waals surface area contributed by atoms with Crippen molar-refractivity contribution in [3.63, 3.8) is 0 Å². The van der Waals surface area contributed by atoms with E-state index in [4.69, 9.17) is 0 Å². The molecule has 1 heteroatoms. The summed E-state index contributed by atoms with van der Waals surface area (Å²) < 4.78 is 0. The Morgan fingerprint density at radius 1 is 0.231 bits per heavy atom. The molecule has 14 aromatic rings. The maximum Gasteiger partial charge on any atom is 0.0742 e. The van der Waals surface area contributed by atoms with Crippen molar-refractivity contribution < 1.29 is 0 Å². The molecular formula is C90H63N. The number of hydrogen-bond donors (Lipinski definition) is 0. The van der Waals surface area contributed by atoms with Crippen LogP contribution >= 0.6 is 0 Å². The fourth-order valence-corrected chi connectivity index (χ4v) is 17.8. The van der Waals surface area contributed by atoms with Crippen LogP contribution in [0.15, 0.2) is 364 Å². The van der Waals surface area contributed by atoms with Gasteiger partial charge >= 0.3 is 0 Å². The molecule has 0 saturated heterocycles. The Bertz CT molecular complexity index is 4900. The zero-order valence-corrected chi connectivity index (χ0v) is 50.4. The summed E-state index contributed by atoms with van der Waals surface area (Å²) in [4.78, 5) is 2.62. The largest absolute Gasteiger partial charge is 0.309 e. The second-order valence-corrected chi connectivity index (χ2v) is 25.2. The van der Waals surface area contributed by atoms with Crippen LogP contribution in [0.5, 0.6) is 0 Å². The molecule has 0 N–H and O–H groups in total. The second kappa shape index (κ2) is 20.7. The Kier molecular flexibility index (Phi) is 12.1. The highest BCUT2D eigenvalue weighted by molar-refractivity contribution is 5.98. The fourth-order valence-electron chi connectivity index (χ4n) is 17.8. The topological polar surface area (TPSA) is 3.24 Å². The number of benzene rings is 14. The Morgan fingerprint density at radius 3 is 0.978 bits per heavy atom. The third-order valence-electron chi connectivity index (χ3n) is 21.2. The molecule has 428 valence electrons. The van der Waals surface area contributed by atoms with E-state index in [9.17, 15) is 0 Å². The van der Waals surface area contributed by atoms with Crippen LogP contribution in [0.25, 0.3) is 11.1 Å². The van der Waals surface area contributed by atoms with Crippen molar-refractivity contribution in [2.75, 3.05) is 4.90 Å². The van der Waals surface area contributed by atoms with Gasteiger partial charge in [0.05, 0.1) is 38.7 Å². The van der Waals surface area contributed by atoms with Gasteiger partial charge in [0.15, 0.2) is 0 Å². The normalized spacial score (nSPS) is 16.1. The van der Waals surface area contributed by atoms with E-state index in [-0.39, 0.29) is 5.92 Å². The van der Waals surface area contributed by atoms with E-state index in [0.717, 1.165) is 17.7 Å². The van der Waals surface area contributed by atoms with Crippen molar-refractivity contribution in [2.45, 2.75) is 34.0 Å². The van der Waals surface area contributed by atoms with E-state index in [1.165, 1.54) is 123 Å². The molecule has 0 saturated carbocycles. The third-order valence-corrected chi connectivity index (χ3v) is 21.2. The molecule has 18 rings (SSSR count). The van der Waals surface area contributed by atoms with Gasteiger partial charge in [0.1, 0.15) is 0 Å². The molecule has 0 radical (unpaired) electrons. The maximum absolute atomic E-state index is 2.62. The molecule has 2 aliphatic heterocycles. The number of rotatable bonds is 9. The van der Waals surface area contributed by atoms with Crippen molar-refractivity contribution >= 4 is 17.1 Å². The first-order chi connectivity index (χ1) is 45.2. The zero-order valence-electron chi connectivity index (χ0n) is 50.4. The molecule has 2 aliphatic carbocycles. The van der Waals surface area contributed by atoms with Gasteiger partial charge in [-0.2, -0.15) is 0 Å². The molecule has 0 fully saturated rings. The second-order valence-electron chi connectivity index (χ2n) is 25.2. The maximum atomic E-state index is 2.62. The van der Waals surface area contributed by atoms with Crippen molar-refractivity contribution in [3.05, 3.63) is 470 Å². The Balaban J connectivity index is 0.935. The molecule has 2 heterocycles. The minimum Gasteiger partial charge on any atom is -0.309 e. The van der Waals surface area contributed by atoms with Gasteiger partial charge in [-0.1, -0.05) is 340 Å². The van der Waals surface area contributed by atoms with E-state index in [1.54, 1.807) is 0 Å². The van der Waals surface area contributed by atoms with Crippen LogP contribution in [0, 0.1) is 0 Å². The highest BCUT2D eigenvalue weighted by atomic mass is 15.2. The van der Waals surface area contributed by atoms with Crippen molar-refractivity contribution in [1.82, 2.24) is 0 Å². The summed E-state index contributed by atoms with van der Waals surface area (Å²) in [6.45, 7) is 0. The molecule has 4 aliphatic rings. The van der Waals surface area contributed by atoms with Crippen LogP contribution in [0.2, 0.25) is 0 Å². The number of nitrogens with zero attached hydrogens (tertiary/aromatic N) is 1. The molecule has 1 unspecified atom stereocenters. The molecule has 1 nitrogen and oxygen atoms in total. The predicted molar refractivity (Wildman–Crippen MR) is 372 cm³/mol. The van der Waals surface area contributed by atoms with E-state index in [2.05, 4.69) is 369 Å². The van der Waals surface area contributed by atoms with E-state index < -0.39 is 21.7 Å². The predicted octanol–water partition coefficient (Wildman–Crippen LogP) is 21.0. The Labute approximate surface area is 533 Å². The smallest absolute Gasteiger partial charge is 0.0742 e. The van der Waals surface area contributed by atoms with E-state index in [0.29, 0.717) is 0 Å². The summed E-state index contributed by atoms with van der Waals surface area (Å²) in [5.74, 6) is 0.0582. The quantitative estimate of drug-likeness (QED) is 0.139. The lowest BCUT2D eigenvalue weighted by Gasteiger charge is -2.53. The van der Waals surface area contributed by atoms with Crippen molar-refractivity contribution in [1.29, 1.82) is 0 Å². The molecule has 91 heavy (non-hydrogen) atoms. The van der Waals surface area contributed by atoms with Gasteiger partial charge in [-0.15, -0.1) is 0 Å². The molecule has 0 aromatic heterocycles. The van der Waals surface area contributed by atoms with Gasteiger partial charge in [0, 0.05) is 5.92 Å².